The van der Waals surface area contributed by atoms with E-state index in [-0.39, 0.29) is 19.9 Å². The molecule has 21 heavy (non-hydrogen) atoms. The summed E-state index contributed by atoms with van der Waals surface area (Å²) < 4.78 is 8.52. The molecule has 0 aliphatic rings. The van der Waals surface area contributed by atoms with Crippen LogP contribution >= 0.6 is 0 Å². The minimum absolute atomic E-state index is 0.0241. The third kappa shape index (κ3) is 2.80. The van der Waals surface area contributed by atoms with Crippen LogP contribution in [0.1, 0.15) is 5.69 Å². The molecule has 0 unspecified atom stereocenters. The van der Waals surface area contributed by atoms with E-state index in [0.29, 0.717) is 23.5 Å². The Kier molecular flexibility index (Phi) is 3.71. The molecule has 3 heterocycles. The molecule has 110 valence electrons. The van der Waals surface area contributed by atoms with Crippen LogP contribution in [-0.4, -0.2) is 52.8 Å². The van der Waals surface area contributed by atoms with Gasteiger partial charge >= 0.3 is 0 Å². The van der Waals surface area contributed by atoms with E-state index in [1.165, 1.54) is 6.33 Å². The quantitative estimate of drug-likeness (QED) is 0.554. The van der Waals surface area contributed by atoms with Gasteiger partial charge in [0.05, 0.1) is 32.3 Å². The largest absolute Gasteiger partial charge is 0.394 e. The summed E-state index contributed by atoms with van der Waals surface area (Å²) >= 11 is 0. The zero-order valence-electron chi connectivity index (χ0n) is 11.1. The number of hydrogen-bond acceptors (Lipinski definition) is 8. The zero-order valence-corrected chi connectivity index (χ0v) is 11.1. The molecule has 0 spiro atoms. The van der Waals surface area contributed by atoms with Crippen molar-refractivity contribution in [1.82, 2.24) is 34.5 Å². The van der Waals surface area contributed by atoms with E-state index >= 15 is 0 Å². The highest BCUT2D eigenvalue weighted by Gasteiger charge is 2.09. The number of aromatic nitrogens is 7. The summed E-state index contributed by atoms with van der Waals surface area (Å²) in [5, 5.41) is 16.6. The lowest BCUT2D eigenvalue weighted by atomic mass is 10.4. The fraction of sp³-hybridized carbons (Fsp3) is 0.364. The summed E-state index contributed by atoms with van der Waals surface area (Å²) in [5.74, 6) is 0.347. The minimum atomic E-state index is -0.0241. The smallest absolute Gasteiger partial charge is 0.165 e. The Morgan fingerprint density at radius 3 is 3.05 bits per heavy atom. The van der Waals surface area contributed by atoms with Crippen LogP contribution < -0.4 is 5.73 Å². The van der Waals surface area contributed by atoms with Crippen LogP contribution in [0.4, 0.5) is 5.82 Å². The monoisotopic (exact) mass is 290 g/mol. The Bertz CT molecular complexity index is 737. The highest BCUT2D eigenvalue weighted by Crippen LogP contribution is 2.14. The van der Waals surface area contributed by atoms with Gasteiger partial charge in [-0.15, -0.1) is 5.10 Å². The van der Waals surface area contributed by atoms with Crippen molar-refractivity contribution in [3.05, 3.63) is 24.5 Å². The molecule has 3 aromatic heterocycles. The standard InChI is InChI=1S/C11H14N8O2/c12-10-9-11(14-5-13-10)18(6-15-9)3-8-4-19(17-16-8)7-21-2-1-20/h4-6,20H,1-3,7H2,(H2,12,13,14). The van der Waals surface area contributed by atoms with E-state index in [2.05, 4.69) is 25.3 Å². The van der Waals surface area contributed by atoms with Gasteiger partial charge in [-0.2, -0.15) is 0 Å². The molecule has 0 saturated heterocycles. The number of imidazole rings is 1. The first-order chi connectivity index (χ1) is 10.3. The molecular formula is C11H14N8O2. The van der Waals surface area contributed by atoms with Crippen LogP contribution in [0, 0.1) is 0 Å². The van der Waals surface area contributed by atoms with E-state index in [1.807, 2.05) is 4.57 Å². The summed E-state index contributed by atoms with van der Waals surface area (Å²) in [5.41, 5.74) is 7.69. The van der Waals surface area contributed by atoms with Gasteiger partial charge in [-0.1, -0.05) is 5.21 Å². The summed E-state index contributed by atoms with van der Waals surface area (Å²) in [4.78, 5) is 12.3. The van der Waals surface area contributed by atoms with E-state index < -0.39 is 0 Å². The molecule has 0 aliphatic carbocycles. The molecule has 0 amide bonds. The fourth-order valence-electron chi connectivity index (χ4n) is 1.89. The Hall–Kier alpha value is -2.59. The van der Waals surface area contributed by atoms with Gasteiger partial charge in [-0.3, -0.25) is 0 Å². The van der Waals surface area contributed by atoms with Crippen molar-refractivity contribution in [2.45, 2.75) is 13.3 Å². The lowest BCUT2D eigenvalue weighted by Crippen LogP contribution is -2.06. The van der Waals surface area contributed by atoms with Gasteiger partial charge in [0.25, 0.3) is 0 Å². The van der Waals surface area contributed by atoms with Gasteiger partial charge in [-0.05, 0) is 0 Å². The number of rotatable bonds is 6. The zero-order chi connectivity index (χ0) is 14.7. The van der Waals surface area contributed by atoms with Gasteiger partial charge in [0, 0.05) is 0 Å². The predicted octanol–water partition coefficient (Wildman–Crippen LogP) is -0.985. The third-order valence-corrected chi connectivity index (χ3v) is 2.81. The molecule has 0 aliphatic heterocycles. The molecule has 0 atom stereocenters. The van der Waals surface area contributed by atoms with Crippen molar-refractivity contribution in [3.8, 4) is 0 Å². The Balaban J connectivity index is 1.75. The topological polar surface area (TPSA) is 130 Å². The highest BCUT2D eigenvalue weighted by atomic mass is 16.5. The molecule has 0 fully saturated rings. The molecule has 3 aromatic rings. The number of ether oxygens (including phenoxy) is 1. The van der Waals surface area contributed by atoms with Gasteiger partial charge in [0.1, 0.15) is 24.3 Å². The molecule has 0 aromatic carbocycles. The number of hydrogen-bond donors (Lipinski definition) is 2. The van der Waals surface area contributed by atoms with Gasteiger partial charge < -0.3 is 20.1 Å². The second kappa shape index (κ2) is 5.81. The van der Waals surface area contributed by atoms with Crippen LogP contribution in [0.2, 0.25) is 0 Å². The SMILES string of the molecule is Nc1ncnc2c1ncn2Cc1cn(COCCO)nn1. The molecule has 10 nitrogen and oxygen atoms in total. The molecule has 0 radical (unpaired) electrons. The number of nitrogens with two attached hydrogens (primary N) is 1. The Labute approximate surface area is 119 Å². The van der Waals surface area contributed by atoms with Gasteiger partial charge in [0.2, 0.25) is 0 Å². The summed E-state index contributed by atoms with van der Waals surface area (Å²) in [6.45, 7) is 0.946. The first-order valence-corrected chi connectivity index (χ1v) is 6.27. The van der Waals surface area contributed by atoms with E-state index in [1.54, 1.807) is 17.2 Å². The van der Waals surface area contributed by atoms with Crippen molar-refractivity contribution < 1.29 is 9.84 Å². The summed E-state index contributed by atoms with van der Waals surface area (Å²) in [7, 11) is 0. The predicted molar refractivity (Wildman–Crippen MR) is 71.9 cm³/mol. The van der Waals surface area contributed by atoms with Crippen LogP contribution in [0.15, 0.2) is 18.9 Å². The second-order valence-electron chi connectivity index (χ2n) is 4.31. The van der Waals surface area contributed by atoms with Gasteiger partial charge in [-0.25, -0.2) is 19.6 Å². The van der Waals surface area contributed by atoms with Crippen molar-refractivity contribution in [1.29, 1.82) is 0 Å². The molecule has 10 heteroatoms. The molecule has 0 bridgehead atoms. The number of nitrogen functional groups attached to an aromatic ring is 1. The Morgan fingerprint density at radius 1 is 1.29 bits per heavy atom. The van der Waals surface area contributed by atoms with Crippen molar-refractivity contribution in [3.63, 3.8) is 0 Å². The maximum Gasteiger partial charge on any atom is 0.165 e. The average molecular weight is 290 g/mol. The van der Waals surface area contributed by atoms with Crippen molar-refractivity contribution in [2.75, 3.05) is 18.9 Å². The summed E-state index contributed by atoms with van der Waals surface area (Å²) in [6.07, 6.45) is 4.79. The van der Waals surface area contributed by atoms with Crippen molar-refractivity contribution >= 4 is 17.0 Å². The number of anilines is 1. The number of fused-ring (bicyclic) bond motifs is 1. The van der Waals surface area contributed by atoms with E-state index in [0.717, 1.165) is 5.69 Å². The number of nitrogens with zero attached hydrogens (tertiary/aromatic N) is 7. The van der Waals surface area contributed by atoms with Crippen LogP contribution in [0.25, 0.3) is 11.2 Å². The maximum absolute atomic E-state index is 8.64. The first kappa shape index (κ1) is 13.4. The average Bonchev–Trinajstić information content (AvgIpc) is 3.09. The first-order valence-electron chi connectivity index (χ1n) is 6.27. The number of aliphatic hydroxyl groups is 1. The fourth-order valence-corrected chi connectivity index (χ4v) is 1.89. The van der Waals surface area contributed by atoms with Crippen LogP contribution in [0.3, 0.4) is 0 Å². The molecule has 3 rings (SSSR count). The van der Waals surface area contributed by atoms with Gasteiger partial charge in [0.15, 0.2) is 11.5 Å². The maximum atomic E-state index is 8.64. The second-order valence-corrected chi connectivity index (χ2v) is 4.31. The van der Waals surface area contributed by atoms with E-state index in [4.69, 9.17) is 15.6 Å². The Morgan fingerprint density at radius 2 is 2.19 bits per heavy atom. The minimum Gasteiger partial charge on any atom is -0.394 e. The molecular weight excluding hydrogens is 276 g/mol. The normalized spacial score (nSPS) is 11.3. The third-order valence-electron chi connectivity index (χ3n) is 2.81. The molecule has 3 N–H and O–H groups in total. The van der Waals surface area contributed by atoms with Crippen LogP contribution in [0.5, 0.6) is 0 Å². The van der Waals surface area contributed by atoms with Crippen molar-refractivity contribution in [2.24, 2.45) is 0 Å². The lowest BCUT2D eigenvalue weighted by Gasteiger charge is -2.01. The summed E-state index contributed by atoms with van der Waals surface area (Å²) in [6, 6.07) is 0. The van der Waals surface area contributed by atoms with Crippen LogP contribution in [-0.2, 0) is 18.0 Å². The lowest BCUT2D eigenvalue weighted by molar-refractivity contribution is 0.0409. The highest BCUT2D eigenvalue weighted by molar-refractivity contribution is 5.81. The molecule has 0 saturated carbocycles. The number of aliphatic hydroxyl groups excluding tert-OH is 1. The van der Waals surface area contributed by atoms with E-state index in [9.17, 15) is 0 Å².